The summed E-state index contributed by atoms with van der Waals surface area (Å²) in [5.41, 5.74) is 4.34. The van der Waals surface area contributed by atoms with Crippen LogP contribution in [0.3, 0.4) is 0 Å². The zero-order valence-corrected chi connectivity index (χ0v) is 19.7. The molecule has 0 saturated carbocycles. The van der Waals surface area contributed by atoms with Gasteiger partial charge in [-0.2, -0.15) is 4.98 Å². The van der Waals surface area contributed by atoms with E-state index in [0.29, 0.717) is 40.8 Å². The van der Waals surface area contributed by atoms with E-state index in [1.54, 1.807) is 0 Å². The summed E-state index contributed by atoms with van der Waals surface area (Å²) in [5, 5.41) is 5.03. The van der Waals surface area contributed by atoms with Crippen LogP contribution < -0.4 is 10.3 Å². The molecule has 0 atom stereocenters. The summed E-state index contributed by atoms with van der Waals surface area (Å²) in [7, 11) is 0. The molecule has 7 heteroatoms. The Hall–Kier alpha value is -3.71. The van der Waals surface area contributed by atoms with E-state index in [-0.39, 0.29) is 0 Å². The second-order valence-corrected chi connectivity index (χ2v) is 8.37. The van der Waals surface area contributed by atoms with E-state index < -0.39 is 0 Å². The van der Waals surface area contributed by atoms with Gasteiger partial charge in [0.2, 0.25) is 11.4 Å². The molecule has 0 N–H and O–H groups in total. The first-order chi connectivity index (χ1) is 16.1. The number of aromatic nitrogens is 2. The Morgan fingerprint density at radius 1 is 1.00 bits per heavy atom. The van der Waals surface area contributed by atoms with E-state index in [1.807, 2.05) is 86.6 Å². The fourth-order valence-corrected chi connectivity index (χ4v) is 3.68. The molecule has 0 amide bonds. The maximum atomic E-state index is 6.26. The van der Waals surface area contributed by atoms with Gasteiger partial charge in [-0.15, -0.1) is 0 Å². The van der Waals surface area contributed by atoms with Crippen molar-refractivity contribution in [2.75, 3.05) is 6.61 Å². The van der Waals surface area contributed by atoms with Crippen LogP contribution >= 0.6 is 15.9 Å². The normalized spacial score (nSPS) is 11.8. The number of rotatable bonds is 5. The van der Waals surface area contributed by atoms with Crippen molar-refractivity contribution in [1.29, 1.82) is 0 Å². The molecule has 164 valence electrons. The smallest absolute Gasteiger partial charge is 0.263 e. The Morgan fingerprint density at radius 3 is 2.55 bits per heavy atom. The number of hydrogen-bond donors (Lipinski definition) is 0. The first-order valence-corrected chi connectivity index (χ1v) is 11.3. The molecule has 0 fully saturated rings. The highest BCUT2D eigenvalue weighted by molar-refractivity contribution is 9.10. The Kier molecular flexibility index (Phi) is 5.79. The third-order valence-electron chi connectivity index (χ3n) is 5.06. The quantitative estimate of drug-likeness (QED) is 0.263. The lowest BCUT2D eigenvalue weighted by Crippen LogP contribution is -2.06. The first-order valence-electron chi connectivity index (χ1n) is 10.5. The van der Waals surface area contributed by atoms with E-state index in [4.69, 9.17) is 18.7 Å². The lowest BCUT2D eigenvalue weighted by Gasteiger charge is -2.07. The monoisotopic (exact) mass is 501 g/mol. The predicted octanol–water partition coefficient (Wildman–Crippen LogP) is 6.85. The zero-order valence-electron chi connectivity index (χ0n) is 18.1. The van der Waals surface area contributed by atoms with Crippen molar-refractivity contribution in [2.24, 2.45) is 4.99 Å². The molecule has 0 aliphatic heterocycles. The van der Waals surface area contributed by atoms with Crippen LogP contribution in [0.25, 0.3) is 33.8 Å². The molecule has 3 aromatic carbocycles. The highest BCUT2D eigenvalue weighted by Gasteiger charge is 2.17. The van der Waals surface area contributed by atoms with E-state index in [0.717, 1.165) is 26.7 Å². The topological polar surface area (TPSA) is 73.7 Å². The minimum absolute atomic E-state index is 0.328. The highest BCUT2D eigenvalue weighted by atomic mass is 79.9. The molecule has 0 radical (unpaired) electrons. The summed E-state index contributed by atoms with van der Waals surface area (Å²) in [6, 6.07) is 23.3. The molecule has 0 bridgehead atoms. The van der Waals surface area contributed by atoms with E-state index in [2.05, 4.69) is 26.1 Å². The van der Waals surface area contributed by atoms with Gasteiger partial charge in [-0.05, 0) is 50.2 Å². The molecule has 2 aromatic heterocycles. The van der Waals surface area contributed by atoms with Gasteiger partial charge >= 0.3 is 0 Å². The molecule has 0 unspecified atom stereocenters. The van der Waals surface area contributed by atoms with Crippen LogP contribution in [-0.4, -0.2) is 16.7 Å². The number of benzene rings is 3. The van der Waals surface area contributed by atoms with Gasteiger partial charge in [-0.25, -0.2) is 4.99 Å². The van der Waals surface area contributed by atoms with Crippen LogP contribution in [0.2, 0.25) is 0 Å². The minimum atomic E-state index is 0.328. The maximum absolute atomic E-state index is 6.26. The fraction of sp³-hybridized carbons (Fsp3) is 0.115. The Bertz CT molecular complexity index is 1490. The number of fused-ring (bicyclic) bond motifs is 1. The van der Waals surface area contributed by atoms with Gasteiger partial charge in [0.1, 0.15) is 5.56 Å². The minimum Gasteiger partial charge on any atom is -0.490 e. The number of nitrogens with zero attached hydrogens (tertiary/aromatic N) is 3. The molecule has 5 aromatic rings. The molecular formula is C26H20BrN3O3. The van der Waals surface area contributed by atoms with Crippen molar-refractivity contribution in [2.45, 2.75) is 13.8 Å². The van der Waals surface area contributed by atoms with Crippen molar-refractivity contribution in [3.63, 3.8) is 0 Å². The number of para-hydroxylation sites is 1. The molecule has 6 nitrogen and oxygen atoms in total. The molecular weight excluding hydrogens is 482 g/mol. The summed E-state index contributed by atoms with van der Waals surface area (Å²) >= 11 is 3.46. The second-order valence-electron chi connectivity index (χ2n) is 7.45. The Morgan fingerprint density at radius 2 is 1.79 bits per heavy atom. The van der Waals surface area contributed by atoms with Crippen molar-refractivity contribution in [3.8, 4) is 28.6 Å². The van der Waals surface area contributed by atoms with E-state index in [9.17, 15) is 0 Å². The Labute approximate surface area is 198 Å². The van der Waals surface area contributed by atoms with Crippen molar-refractivity contribution in [1.82, 2.24) is 10.1 Å². The van der Waals surface area contributed by atoms with Gasteiger partial charge < -0.3 is 13.7 Å². The standard InChI is InChI=1S/C26H20BrN3O3/c1-3-31-22-6-4-5-18-15-21(25(32-23(18)22)28-20-13-11-19(27)12-14-20)26-29-24(30-33-26)17-9-7-16(2)8-10-17/h4-15H,3H2,1-2H3. The van der Waals surface area contributed by atoms with Crippen molar-refractivity contribution >= 4 is 32.6 Å². The fourth-order valence-electron chi connectivity index (χ4n) is 3.42. The largest absolute Gasteiger partial charge is 0.490 e. The number of ether oxygens (including phenoxy) is 1. The predicted molar refractivity (Wildman–Crippen MR) is 130 cm³/mol. The SMILES string of the molecule is CCOc1cccc2cc(-c3nc(-c4ccc(C)cc4)no3)c(=Nc3ccc(Br)cc3)oc12. The molecule has 5 rings (SSSR count). The third-order valence-corrected chi connectivity index (χ3v) is 5.59. The van der Waals surface area contributed by atoms with Crippen LogP contribution in [0.1, 0.15) is 12.5 Å². The lowest BCUT2D eigenvalue weighted by molar-refractivity contribution is 0.336. The highest BCUT2D eigenvalue weighted by Crippen LogP contribution is 2.29. The number of halogens is 1. The molecule has 33 heavy (non-hydrogen) atoms. The van der Waals surface area contributed by atoms with Crippen LogP contribution in [0.5, 0.6) is 5.75 Å². The molecule has 2 heterocycles. The number of aryl methyl sites for hydroxylation is 1. The summed E-state index contributed by atoms with van der Waals surface area (Å²) < 4.78 is 18.6. The van der Waals surface area contributed by atoms with Crippen molar-refractivity contribution in [3.05, 3.63) is 88.4 Å². The average Bonchev–Trinajstić information content (AvgIpc) is 3.31. The van der Waals surface area contributed by atoms with Crippen LogP contribution in [0.4, 0.5) is 5.69 Å². The van der Waals surface area contributed by atoms with E-state index >= 15 is 0 Å². The zero-order chi connectivity index (χ0) is 22.8. The van der Waals surface area contributed by atoms with Gasteiger partial charge in [-0.3, -0.25) is 0 Å². The van der Waals surface area contributed by atoms with Gasteiger partial charge in [0.25, 0.3) is 5.89 Å². The molecule has 0 saturated heterocycles. The molecule has 0 aliphatic carbocycles. The Balaban J connectivity index is 1.70. The lowest BCUT2D eigenvalue weighted by atomic mass is 10.1. The average molecular weight is 502 g/mol. The first kappa shape index (κ1) is 21.2. The van der Waals surface area contributed by atoms with Gasteiger partial charge in [0.05, 0.1) is 12.3 Å². The molecule has 0 spiro atoms. The second kappa shape index (κ2) is 9.03. The third kappa shape index (κ3) is 4.45. The summed E-state index contributed by atoms with van der Waals surface area (Å²) in [4.78, 5) is 9.36. The van der Waals surface area contributed by atoms with Gasteiger partial charge in [0, 0.05) is 15.4 Å². The van der Waals surface area contributed by atoms with Crippen LogP contribution in [-0.2, 0) is 0 Å². The number of hydrogen-bond acceptors (Lipinski definition) is 6. The summed E-state index contributed by atoms with van der Waals surface area (Å²) in [6.07, 6.45) is 0. The van der Waals surface area contributed by atoms with Gasteiger partial charge in [0.15, 0.2) is 11.3 Å². The molecule has 0 aliphatic rings. The summed E-state index contributed by atoms with van der Waals surface area (Å²) in [5.74, 6) is 1.48. The van der Waals surface area contributed by atoms with Gasteiger partial charge in [-0.1, -0.05) is 63.0 Å². The summed E-state index contributed by atoms with van der Waals surface area (Å²) in [6.45, 7) is 4.50. The van der Waals surface area contributed by atoms with Crippen LogP contribution in [0, 0.1) is 6.92 Å². The van der Waals surface area contributed by atoms with E-state index in [1.165, 1.54) is 0 Å². The maximum Gasteiger partial charge on any atom is 0.263 e. The van der Waals surface area contributed by atoms with Crippen molar-refractivity contribution < 1.29 is 13.7 Å². The van der Waals surface area contributed by atoms with Crippen LogP contribution in [0.15, 0.2) is 91.2 Å².